The molecule has 0 aromatic heterocycles. The highest BCUT2D eigenvalue weighted by Gasteiger charge is 2.13. The molecule has 0 unspecified atom stereocenters. The van der Waals surface area contributed by atoms with Crippen LogP contribution >= 0.6 is 11.6 Å². The largest absolute Gasteiger partial charge is 0.493 e. The zero-order chi connectivity index (χ0) is 19.8. The molecule has 0 aliphatic rings. The summed E-state index contributed by atoms with van der Waals surface area (Å²) >= 11 is 5.85. The first kappa shape index (κ1) is 20.6. The van der Waals surface area contributed by atoms with Crippen LogP contribution in [0.5, 0.6) is 11.5 Å². The standard InChI is InChI=1S/C20H22ClNO5/c1-13(15-5-7-16(21)8-6-15)22-19(23)12-27-20(24)11-14-4-9-17(25-2)18(10-14)26-3/h4-10,13H,11-12H2,1-3H3,(H,22,23)/t13-/m1/s1. The number of esters is 1. The van der Waals surface area contributed by atoms with Crippen LogP contribution in [0.1, 0.15) is 24.1 Å². The molecule has 0 spiro atoms. The van der Waals surface area contributed by atoms with Gasteiger partial charge in [0.15, 0.2) is 18.1 Å². The van der Waals surface area contributed by atoms with E-state index in [1.807, 2.05) is 19.1 Å². The first-order valence-electron chi connectivity index (χ1n) is 8.34. The fourth-order valence-electron chi connectivity index (χ4n) is 2.47. The molecule has 0 aliphatic carbocycles. The number of carbonyl (C=O) groups is 2. The second kappa shape index (κ2) is 9.83. The minimum Gasteiger partial charge on any atom is -0.493 e. The SMILES string of the molecule is COc1ccc(CC(=O)OCC(=O)N[C@H](C)c2ccc(Cl)cc2)cc1OC. The van der Waals surface area contributed by atoms with E-state index in [4.69, 9.17) is 25.8 Å². The number of hydrogen-bond donors (Lipinski definition) is 1. The monoisotopic (exact) mass is 391 g/mol. The van der Waals surface area contributed by atoms with E-state index in [0.29, 0.717) is 22.1 Å². The summed E-state index contributed by atoms with van der Waals surface area (Å²) in [5.74, 6) is 0.220. The van der Waals surface area contributed by atoms with Crippen molar-refractivity contribution < 1.29 is 23.8 Å². The van der Waals surface area contributed by atoms with Gasteiger partial charge in [0.25, 0.3) is 5.91 Å². The van der Waals surface area contributed by atoms with Crippen molar-refractivity contribution in [3.63, 3.8) is 0 Å². The van der Waals surface area contributed by atoms with Gasteiger partial charge in [0.2, 0.25) is 0 Å². The molecule has 0 fully saturated rings. The van der Waals surface area contributed by atoms with Gasteiger partial charge in [-0.25, -0.2) is 0 Å². The third-order valence-corrected chi connectivity index (χ3v) is 4.16. The Morgan fingerprint density at radius 2 is 1.70 bits per heavy atom. The Hall–Kier alpha value is -2.73. The topological polar surface area (TPSA) is 73.9 Å². The maximum Gasteiger partial charge on any atom is 0.310 e. The van der Waals surface area contributed by atoms with Crippen molar-refractivity contribution in [2.45, 2.75) is 19.4 Å². The van der Waals surface area contributed by atoms with E-state index in [0.717, 1.165) is 5.56 Å². The van der Waals surface area contributed by atoms with Crippen molar-refractivity contribution in [1.29, 1.82) is 0 Å². The van der Waals surface area contributed by atoms with Crippen LogP contribution in [0.4, 0.5) is 0 Å². The molecule has 144 valence electrons. The lowest BCUT2D eigenvalue weighted by molar-refractivity contribution is -0.148. The highest BCUT2D eigenvalue weighted by Crippen LogP contribution is 2.27. The third kappa shape index (κ3) is 6.18. The molecule has 0 aliphatic heterocycles. The van der Waals surface area contributed by atoms with Gasteiger partial charge in [0.05, 0.1) is 26.7 Å². The fourth-order valence-corrected chi connectivity index (χ4v) is 2.60. The van der Waals surface area contributed by atoms with Gasteiger partial charge >= 0.3 is 5.97 Å². The Morgan fingerprint density at radius 3 is 2.33 bits per heavy atom. The molecule has 0 bridgehead atoms. The van der Waals surface area contributed by atoms with Gasteiger partial charge in [-0.3, -0.25) is 9.59 Å². The Bertz CT molecular complexity index is 791. The van der Waals surface area contributed by atoms with Crippen LogP contribution in [0.2, 0.25) is 5.02 Å². The number of rotatable bonds is 8. The highest BCUT2D eigenvalue weighted by atomic mass is 35.5. The predicted octanol–water partition coefficient (Wildman–Crippen LogP) is 3.32. The molecule has 0 saturated heterocycles. The van der Waals surface area contributed by atoms with Gasteiger partial charge in [0, 0.05) is 5.02 Å². The Kier molecular flexibility index (Phi) is 7.49. The summed E-state index contributed by atoms with van der Waals surface area (Å²) in [5, 5.41) is 3.40. The van der Waals surface area contributed by atoms with Crippen LogP contribution in [-0.4, -0.2) is 32.7 Å². The molecule has 0 saturated carbocycles. The summed E-state index contributed by atoms with van der Waals surface area (Å²) in [6, 6.07) is 12.1. The van der Waals surface area contributed by atoms with Crippen LogP contribution in [-0.2, 0) is 20.7 Å². The predicted molar refractivity (Wildman–Crippen MR) is 102 cm³/mol. The third-order valence-electron chi connectivity index (χ3n) is 3.91. The average molecular weight is 392 g/mol. The van der Waals surface area contributed by atoms with Crippen LogP contribution < -0.4 is 14.8 Å². The van der Waals surface area contributed by atoms with E-state index < -0.39 is 5.97 Å². The number of amides is 1. The van der Waals surface area contributed by atoms with Gasteiger partial charge in [-0.2, -0.15) is 0 Å². The van der Waals surface area contributed by atoms with Crippen LogP contribution in [0.15, 0.2) is 42.5 Å². The molecule has 1 N–H and O–H groups in total. The first-order chi connectivity index (χ1) is 12.9. The van der Waals surface area contributed by atoms with Crippen molar-refractivity contribution in [2.75, 3.05) is 20.8 Å². The van der Waals surface area contributed by atoms with Crippen LogP contribution in [0.3, 0.4) is 0 Å². The zero-order valence-electron chi connectivity index (χ0n) is 15.5. The number of ether oxygens (including phenoxy) is 3. The van der Waals surface area contributed by atoms with Gasteiger partial charge in [-0.05, 0) is 42.3 Å². The molecule has 2 rings (SSSR count). The summed E-state index contributed by atoms with van der Waals surface area (Å²) in [6.45, 7) is 1.50. The maximum absolute atomic E-state index is 12.0. The van der Waals surface area contributed by atoms with Crippen molar-refractivity contribution >= 4 is 23.5 Å². The minimum absolute atomic E-state index is 0.0281. The van der Waals surface area contributed by atoms with Gasteiger partial charge in [-0.1, -0.05) is 29.8 Å². The smallest absolute Gasteiger partial charge is 0.310 e. The van der Waals surface area contributed by atoms with Gasteiger partial charge < -0.3 is 19.5 Å². The number of methoxy groups -OCH3 is 2. The summed E-state index contributed by atoms with van der Waals surface area (Å²) in [5.41, 5.74) is 1.61. The van der Waals surface area contributed by atoms with Crippen molar-refractivity contribution in [3.05, 3.63) is 58.6 Å². The van der Waals surface area contributed by atoms with Crippen LogP contribution in [0.25, 0.3) is 0 Å². The molecule has 2 aromatic rings. The fraction of sp³-hybridized carbons (Fsp3) is 0.300. The molecular weight excluding hydrogens is 370 g/mol. The molecule has 0 radical (unpaired) electrons. The second-order valence-corrected chi connectivity index (χ2v) is 6.30. The van der Waals surface area contributed by atoms with E-state index in [9.17, 15) is 9.59 Å². The Morgan fingerprint density at radius 1 is 1.04 bits per heavy atom. The number of nitrogens with one attached hydrogen (secondary N) is 1. The number of halogens is 1. The summed E-state index contributed by atoms with van der Waals surface area (Å²) in [7, 11) is 3.06. The molecule has 6 nitrogen and oxygen atoms in total. The Labute approximate surface area is 163 Å². The lowest BCUT2D eigenvalue weighted by Crippen LogP contribution is -2.31. The zero-order valence-corrected chi connectivity index (χ0v) is 16.2. The highest BCUT2D eigenvalue weighted by molar-refractivity contribution is 6.30. The minimum atomic E-state index is -0.503. The summed E-state index contributed by atoms with van der Waals surface area (Å²) < 4.78 is 15.4. The molecule has 7 heteroatoms. The van der Waals surface area contributed by atoms with Crippen molar-refractivity contribution in [3.8, 4) is 11.5 Å². The Balaban J connectivity index is 1.82. The molecular formula is C20H22ClNO5. The molecule has 2 aromatic carbocycles. The van der Waals surface area contributed by atoms with Gasteiger partial charge in [-0.15, -0.1) is 0 Å². The summed E-state index contributed by atoms with van der Waals surface area (Å²) in [4.78, 5) is 24.0. The van der Waals surface area contributed by atoms with E-state index >= 15 is 0 Å². The number of carbonyl (C=O) groups excluding carboxylic acids is 2. The van der Waals surface area contributed by atoms with E-state index in [2.05, 4.69) is 5.32 Å². The van der Waals surface area contributed by atoms with Crippen LogP contribution in [0, 0.1) is 0 Å². The van der Waals surface area contributed by atoms with Crippen molar-refractivity contribution in [1.82, 2.24) is 5.32 Å². The molecule has 1 atom stereocenters. The van der Waals surface area contributed by atoms with Crippen molar-refractivity contribution in [2.24, 2.45) is 0 Å². The van der Waals surface area contributed by atoms with Gasteiger partial charge in [0.1, 0.15) is 0 Å². The number of hydrogen-bond acceptors (Lipinski definition) is 5. The van der Waals surface area contributed by atoms with E-state index in [-0.39, 0.29) is 25.0 Å². The molecule has 0 heterocycles. The second-order valence-electron chi connectivity index (χ2n) is 5.87. The normalized spacial score (nSPS) is 11.4. The molecule has 27 heavy (non-hydrogen) atoms. The maximum atomic E-state index is 12.0. The first-order valence-corrected chi connectivity index (χ1v) is 8.72. The summed E-state index contributed by atoms with van der Waals surface area (Å²) in [6.07, 6.45) is 0.0281. The molecule has 1 amide bonds. The lowest BCUT2D eigenvalue weighted by atomic mass is 10.1. The quantitative estimate of drug-likeness (QED) is 0.699. The van der Waals surface area contributed by atoms with E-state index in [1.54, 1.807) is 30.3 Å². The average Bonchev–Trinajstić information content (AvgIpc) is 2.66. The lowest BCUT2D eigenvalue weighted by Gasteiger charge is -2.14. The van der Waals surface area contributed by atoms with E-state index in [1.165, 1.54) is 14.2 Å². The number of benzene rings is 2.